The van der Waals surface area contributed by atoms with E-state index in [4.69, 9.17) is 9.84 Å². The van der Waals surface area contributed by atoms with Gasteiger partial charge in [0.2, 0.25) is 0 Å². The van der Waals surface area contributed by atoms with Crippen LogP contribution in [0.2, 0.25) is 0 Å². The fourth-order valence-electron chi connectivity index (χ4n) is 2.35. The number of amides is 1. The molecule has 1 aliphatic heterocycles. The monoisotopic (exact) mass is 287 g/mol. The lowest BCUT2D eigenvalue weighted by Crippen LogP contribution is -2.37. The van der Waals surface area contributed by atoms with Gasteiger partial charge in [0, 0.05) is 31.2 Å². The standard InChI is InChI=1S/C17H21NO3/c1-13-11-15(7-6-14(13)5-3-4-9-19)17(20)18(2)16-8-10-21-12-16/h6-7,11,16,19H,4,8-10,12H2,1-2H3. The number of benzene rings is 1. The van der Waals surface area contributed by atoms with Crippen molar-refractivity contribution in [1.82, 2.24) is 4.90 Å². The molecule has 112 valence electrons. The molecule has 0 radical (unpaired) electrons. The highest BCUT2D eigenvalue weighted by molar-refractivity contribution is 5.94. The van der Waals surface area contributed by atoms with Gasteiger partial charge in [-0.25, -0.2) is 0 Å². The first-order valence-corrected chi connectivity index (χ1v) is 7.18. The quantitative estimate of drug-likeness (QED) is 0.859. The molecule has 1 fully saturated rings. The summed E-state index contributed by atoms with van der Waals surface area (Å²) in [7, 11) is 1.83. The molecule has 1 aliphatic rings. The molecule has 1 aromatic rings. The molecule has 0 aromatic heterocycles. The minimum absolute atomic E-state index is 0.0171. The van der Waals surface area contributed by atoms with E-state index < -0.39 is 0 Å². The molecule has 4 nitrogen and oxygen atoms in total. The van der Waals surface area contributed by atoms with Crippen LogP contribution in [0.5, 0.6) is 0 Å². The van der Waals surface area contributed by atoms with Gasteiger partial charge in [-0.15, -0.1) is 0 Å². The van der Waals surface area contributed by atoms with Gasteiger partial charge in [0.25, 0.3) is 5.91 Å². The van der Waals surface area contributed by atoms with Gasteiger partial charge >= 0.3 is 0 Å². The maximum atomic E-state index is 12.5. The molecule has 1 aromatic carbocycles. The van der Waals surface area contributed by atoms with E-state index in [1.165, 1.54) is 0 Å². The van der Waals surface area contributed by atoms with Gasteiger partial charge in [-0.1, -0.05) is 11.8 Å². The van der Waals surface area contributed by atoms with E-state index in [2.05, 4.69) is 11.8 Å². The Labute approximate surface area is 125 Å². The van der Waals surface area contributed by atoms with Gasteiger partial charge < -0.3 is 14.7 Å². The number of aliphatic hydroxyl groups is 1. The van der Waals surface area contributed by atoms with Crippen molar-refractivity contribution >= 4 is 5.91 Å². The highest BCUT2D eigenvalue weighted by Gasteiger charge is 2.24. The number of likely N-dealkylation sites (N-methyl/N-ethyl adjacent to an activating group) is 1. The summed E-state index contributed by atoms with van der Waals surface area (Å²) >= 11 is 0. The molecule has 0 bridgehead atoms. The summed E-state index contributed by atoms with van der Waals surface area (Å²) < 4.78 is 5.33. The van der Waals surface area contributed by atoms with Gasteiger partial charge in [-0.2, -0.15) is 0 Å². The Bertz CT molecular complexity index is 565. The third kappa shape index (κ3) is 3.84. The Morgan fingerprint density at radius 3 is 2.95 bits per heavy atom. The first-order chi connectivity index (χ1) is 10.1. The smallest absolute Gasteiger partial charge is 0.253 e. The third-order valence-electron chi connectivity index (χ3n) is 3.71. The van der Waals surface area contributed by atoms with Crippen LogP contribution in [0.15, 0.2) is 18.2 Å². The van der Waals surface area contributed by atoms with Crippen molar-refractivity contribution < 1.29 is 14.6 Å². The average molecular weight is 287 g/mol. The van der Waals surface area contributed by atoms with Crippen LogP contribution in [0.25, 0.3) is 0 Å². The summed E-state index contributed by atoms with van der Waals surface area (Å²) in [5, 5.41) is 8.73. The van der Waals surface area contributed by atoms with E-state index in [1.54, 1.807) is 4.90 Å². The number of carbonyl (C=O) groups excluding carboxylic acids is 1. The first kappa shape index (κ1) is 15.6. The van der Waals surface area contributed by atoms with Crippen molar-refractivity contribution in [2.75, 3.05) is 26.9 Å². The summed E-state index contributed by atoms with van der Waals surface area (Å²) in [6, 6.07) is 5.72. The number of ether oxygens (including phenoxy) is 1. The minimum Gasteiger partial charge on any atom is -0.395 e. The molecule has 0 spiro atoms. The SMILES string of the molecule is Cc1cc(C(=O)N(C)C2CCOC2)ccc1C#CCCO. The molecule has 0 saturated carbocycles. The van der Waals surface area contributed by atoms with Crippen LogP contribution in [0.4, 0.5) is 0 Å². The fraction of sp³-hybridized carbons (Fsp3) is 0.471. The normalized spacial score (nSPS) is 17.2. The molecule has 4 heteroatoms. The van der Waals surface area contributed by atoms with Crippen molar-refractivity contribution in [1.29, 1.82) is 0 Å². The van der Waals surface area contributed by atoms with Gasteiger partial charge in [-0.05, 0) is 37.1 Å². The molecule has 1 saturated heterocycles. The summed E-state index contributed by atoms with van der Waals surface area (Å²) in [4.78, 5) is 14.2. The Hall–Kier alpha value is -1.83. The van der Waals surface area contributed by atoms with Crippen molar-refractivity contribution in [2.24, 2.45) is 0 Å². The predicted molar refractivity (Wildman–Crippen MR) is 81.1 cm³/mol. The molecule has 1 amide bonds. The van der Waals surface area contributed by atoms with Gasteiger partial charge in [-0.3, -0.25) is 4.79 Å². The summed E-state index contributed by atoms with van der Waals surface area (Å²) in [5.41, 5.74) is 2.55. The van der Waals surface area contributed by atoms with Crippen molar-refractivity contribution in [3.63, 3.8) is 0 Å². The Balaban J connectivity index is 2.12. The number of carbonyl (C=O) groups is 1. The second kappa shape index (κ2) is 7.26. The number of aryl methyl sites for hydroxylation is 1. The lowest BCUT2D eigenvalue weighted by Gasteiger charge is -2.23. The van der Waals surface area contributed by atoms with Gasteiger partial charge in [0.15, 0.2) is 0 Å². The second-order valence-corrected chi connectivity index (χ2v) is 5.24. The maximum absolute atomic E-state index is 12.5. The zero-order chi connectivity index (χ0) is 15.2. The van der Waals surface area contributed by atoms with Crippen LogP contribution >= 0.6 is 0 Å². The molecule has 1 atom stereocenters. The van der Waals surface area contributed by atoms with Crippen LogP contribution in [0.3, 0.4) is 0 Å². The van der Waals surface area contributed by atoms with Crippen molar-refractivity contribution in [3.05, 3.63) is 34.9 Å². The van der Waals surface area contributed by atoms with E-state index in [1.807, 2.05) is 32.2 Å². The molecule has 0 aliphatic carbocycles. The molecule has 1 unspecified atom stereocenters. The molecule has 1 heterocycles. The van der Waals surface area contributed by atoms with E-state index in [0.717, 1.165) is 24.2 Å². The zero-order valence-corrected chi connectivity index (χ0v) is 12.6. The summed E-state index contributed by atoms with van der Waals surface area (Å²) in [6.07, 6.45) is 1.36. The van der Waals surface area contributed by atoms with Crippen molar-refractivity contribution in [3.8, 4) is 11.8 Å². The Kier molecular flexibility index (Phi) is 5.38. The zero-order valence-electron chi connectivity index (χ0n) is 12.6. The maximum Gasteiger partial charge on any atom is 0.253 e. The Morgan fingerprint density at radius 2 is 2.33 bits per heavy atom. The van der Waals surface area contributed by atoms with E-state index in [-0.39, 0.29) is 18.6 Å². The molecule has 1 N–H and O–H groups in total. The number of rotatable bonds is 3. The lowest BCUT2D eigenvalue weighted by atomic mass is 10.0. The molecular formula is C17H21NO3. The van der Waals surface area contributed by atoms with E-state index in [9.17, 15) is 4.79 Å². The number of hydrogen-bond donors (Lipinski definition) is 1. The van der Waals surface area contributed by atoms with Crippen LogP contribution in [0, 0.1) is 18.8 Å². The predicted octanol–water partition coefficient (Wildman–Crippen LogP) is 1.59. The van der Waals surface area contributed by atoms with Crippen molar-refractivity contribution in [2.45, 2.75) is 25.8 Å². The Morgan fingerprint density at radius 1 is 1.52 bits per heavy atom. The first-order valence-electron chi connectivity index (χ1n) is 7.18. The van der Waals surface area contributed by atoms with Gasteiger partial charge in [0.1, 0.15) is 0 Å². The van der Waals surface area contributed by atoms with E-state index in [0.29, 0.717) is 18.6 Å². The van der Waals surface area contributed by atoms with Crippen LogP contribution in [0.1, 0.15) is 34.3 Å². The number of hydrogen-bond acceptors (Lipinski definition) is 3. The minimum atomic E-state index is 0.0171. The van der Waals surface area contributed by atoms with E-state index >= 15 is 0 Å². The number of nitrogens with zero attached hydrogens (tertiary/aromatic N) is 1. The summed E-state index contributed by atoms with van der Waals surface area (Å²) in [6.45, 7) is 3.35. The van der Waals surface area contributed by atoms with Crippen LogP contribution < -0.4 is 0 Å². The highest BCUT2D eigenvalue weighted by Crippen LogP contribution is 2.16. The van der Waals surface area contributed by atoms with Gasteiger partial charge in [0.05, 0.1) is 19.3 Å². The topological polar surface area (TPSA) is 49.8 Å². The fourth-order valence-corrected chi connectivity index (χ4v) is 2.35. The van der Waals surface area contributed by atoms with Crippen LogP contribution in [-0.4, -0.2) is 48.8 Å². The molecule has 2 rings (SSSR count). The van der Waals surface area contributed by atoms with Crippen LogP contribution in [-0.2, 0) is 4.74 Å². The number of aliphatic hydroxyl groups excluding tert-OH is 1. The third-order valence-corrected chi connectivity index (χ3v) is 3.71. The molecular weight excluding hydrogens is 266 g/mol. The molecule has 21 heavy (non-hydrogen) atoms. The highest BCUT2D eigenvalue weighted by atomic mass is 16.5. The lowest BCUT2D eigenvalue weighted by molar-refractivity contribution is 0.0711. The summed E-state index contributed by atoms with van der Waals surface area (Å²) in [5.74, 6) is 5.92. The second-order valence-electron chi connectivity index (χ2n) is 5.24. The largest absolute Gasteiger partial charge is 0.395 e. The average Bonchev–Trinajstić information content (AvgIpc) is 3.02.